The van der Waals surface area contributed by atoms with Crippen LogP contribution in [-0.2, 0) is 9.53 Å². The van der Waals surface area contributed by atoms with Gasteiger partial charge in [0.2, 0.25) is 0 Å². The molecule has 94 valence electrons. The fraction of sp³-hybridized carbons (Fsp3) is 0.917. The zero-order valence-corrected chi connectivity index (χ0v) is 10.5. The van der Waals surface area contributed by atoms with Crippen molar-refractivity contribution in [3.63, 3.8) is 0 Å². The fourth-order valence-corrected chi connectivity index (χ4v) is 2.19. The van der Waals surface area contributed by atoms with Crippen molar-refractivity contribution in [1.29, 1.82) is 0 Å². The molecule has 0 aromatic heterocycles. The third kappa shape index (κ3) is 4.10. The molecular formula is C12H23NO3. The molecule has 0 spiro atoms. The zero-order chi connectivity index (χ0) is 12.1. The van der Waals surface area contributed by atoms with Crippen LogP contribution in [0.25, 0.3) is 0 Å². The average molecular weight is 229 g/mol. The quantitative estimate of drug-likeness (QED) is 0.687. The standard InChI is InChI=1S/C12H23NO3/c1-4-16-12(15)9(2)7-13(3)8-10-5-11(14)6-10/h9-11,14H,4-8H2,1-3H3. The number of ether oxygens (including phenoxy) is 1. The summed E-state index contributed by atoms with van der Waals surface area (Å²) in [6.07, 6.45) is 1.71. The molecule has 1 aliphatic rings. The van der Waals surface area contributed by atoms with Crippen LogP contribution in [0.3, 0.4) is 0 Å². The van der Waals surface area contributed by atoms with Crippen LogP contribution in [0.2, 0.25) is 0 Å². The normalized spacial score (nSPS) is 26.3. The summed E-state index contributed by atoms with van der Waals surface area (Å²) < 4.78 is 4.96. The van der Waals surface area contributed by atoms with Crippen molar-refractivity contribution >= 4 is 5.97 Å². The monoisotopic (exact) mass is 229 g/mol. The number of nitrogens with zero attached hydrogens (tertiary/aromatic N) is 1. The first-order chi connectivity index (χ1) is 7.52. The molecule has 1 unspecified atom stereocenters. The summed E-state index contributed by atoms with van der Waals surface area (Å²) in [6.45, 7) is 5.85. The SMILES string of the molecule is CCOC(=O)C(C)CN(C)CC1CC(O)C1. The van der Waals surface area contributed by atoms with Crippen LogP contribution < -0.4 is 0 Å². The van der Waals surface area contributed by atoms with Crippen molar-refractivity contribution in [3.05, 3.63) is 0 Å². The molecule has 0 aliphatic heterocycles. The molecule has 1 rings (SSSR count). The van der Waals surface area contributed by atoms with Crippen LogP contribution >= 0.6 is 0 Å². The van der Waals surface area contributed by atoms with E-state index in [4.69, 9.17) is 4.74 Å². The summed E-state index contributed by atoms with van der Waals surface area (Å²) in [6, 6.07) is 0. The third-order valence-corrected chi connectivity index (χ3v) is 3.06. The largest absolute Gasteiger partial charge is 0.466 e. The maximum atomic E-state index is 11.4. The van der Waals surface area contributed by atoms with E-state index in [2.05, 4.69) is 4.90 Å². The Kier molecular flexibility index (Phi) is 5.22. The van der Waals surface area contributed by atoms with Crippen LogP contribution in [0.1, 0.15) is 26.7 Å². The minimum Gasteiger partial charge on any atom is -0.466 e. The molecule has 0 aromatic rings. The van der Waals surface area contributed by atoms with Gasteiger partial charge in [0.05, 0.1) is 18.6 Å². The van der Waals surface area contributed by atoms with E-state index in [0.717, 1.165) is 25.9 Å². The maximum absolute atomic E-state index is 11.4. The summed E-state index contributed by atoms with van der Waals surface area (Å²) in [5, 5.41) is 9.18. The van der Waals surface area contributed by atoms with Crippen molar-refractivity contribution in [1.82, 2.24) is 4.90 Å². The second-order valence-corrected chi connectivity index (χ2v) is 4.87. The van der Waals surface area contributed by atoms with Gasteiger partial charge in [-0.1, -0.05) is 6.92 Å². The zero-order valence-electron chi connectivity index (χ0n) is 10.5. The van der Waals surface area contributed by atoms with Gasteiger partial charge in [0, 0.05) is 13.1 Å². The Balaban J connectivity index is 2.17. The van der Waals surface area contributed by atoms with Gasteiger partial charge in [-0.05, 0) is 32.7 Å². The minimum absolute atomic E-state index is 0.0741. The lowest BCUT2D eigenvalue weighted by Gasteiger charge is -2.34. The predicted octanol–water partition coefficient (Wildman–Crippen LogP) is 0.888. The van der Waals surface area contributed by atoms with Crippen LogP contribution in [0.5, 0.6) is 0 Å². The molecule has 0 heterocycles. The van der Waals surface area contributed by atoms with Gasteiger partial charge in [-0.25, -0.2) is 0 Å². The second-order valence-electron chi connectivity index (χ2n) is 4.87. The first kappa shape index (κ1) is 13.5. The molecule has 0 saturated heterocycles. The highest BCUT2D eigenvalue weighted by Crippen LogP contribution is 2.27. The summed E-state index contributed by atoms with van der Waals surface area (Å²) in [5.41, 5.74) is 0. The van der Waals surface area contributed by atoms with Gasteiger partial charge in [-0.15, -0.1) is 0 Å². The van der Waals surface area contributed by atoms with Gasteiger partial charge < -0.3 is 14.7 Å². The van der Waals surface area contributed by atoms with Gasteiger partial charge in [0.15, 0.2) is 0 Å². The Morgan fingerprint density at radius 3 is 2.69 bits per heavy atom. The Morgan fingerprint density at radius 2 is 2.19 bits per heavy atom. The summed E-state index contributed by atoms with van der Waals surface area (Å²) in [4.78, 5) is 13.6. The summed E-state index contributed by atoms with van der Waals surface area (Å²) >= 11 is 0. The van der Waals surface area contributed by atoms with E-state index in [1.54, 1.807) is 0 Å². The van der Waals surface area contributed by atoms with E-state index in [0.29, 0.717) is 12.5 Å². The van der Waals surface area contributed by atoms with Gasteiger partial charge >= 0.3 is 5.97 Å². The molecule has 1 saturated carbocycles. The minimum atomic E-state index is -0.122. The fourth-order valence-electron chi connectivity index (χ4n) is 2.19. The van der Waals surface area contributed by atoms with Crippen molar-refractivity contribution < 1.29 is 14.6 Å². The first-order valence-corrected chi connectivity index (χ1v) is 6.06. The van der Waals surface area contributed by atoms with Gasteiger partial charge in [0.25, 0.3) is 0 Å². The molecule has 0 amide bonds. The van der Waals surface area contributed by atoms with E-state index in [1.165, 1.54) is 0 Å². The molecule has 1 aliphatic carbocycles. The molecular weight excluding hydrogens is 206 g/mol. The van der Waals surface area contributed by atoms with Gasteiger partial charge in [0.1, 0.15) is 0 Å². The Morgan fingerprint density at radius 1 is 1.56 bits per heavy atom. The molecule has 4 nitrogen and oxygen atoms in total. The molecule has 1 fully saturated rings. The predicted molar refractivity (Wildman–Crippen MR) is 62.0 cm³/mol. The lowest BCUT2D eigenvalue weighted by atomic mass is 9.82. The number of aliphatic hydroxyl groups is 1. The number of aliphatic hydroxyl groups excluding tert-OH is 1. The van der Waals surface area contributed by atoms with Crippen LogP contribution in [0.4, 0.5) is 0 Å². The lowest BCUT2D eigenvalue weighted by molar-refractivity contribution is -0.148. The summed E-state index contributed by atoms with van der Waals surface area (Å²) in [7, 11) is 2.01. The van der Waals surface area contributed by atoms with Crippen LogP contribution in [0.15, 0.2) is 0 Å². The van der Waals surface area contributed by atoms with Gasteiger partial charge in [-0.2, -0.15) is 0 Å². The second kappa shape index (κ2) is 6.21. The van der Waals surface area contributed by atoms with E-state index in [1.807, 2.05) is 20.9 Å². The molecule has 1 atom stereocenters. The highest BCUT2D eigenvalue weighted by Gasteiger charge is 2.28. The topological polar surface area (TPSA) is 49.8 Å². The number of carbonyl (C=O) groups excluding carboxylic acids is 1. The average Bonchev–Trinajstić information content (AvgIpc) is 2.15. The Hall–Kier alpha value is -0.610. The van der Waals surface area contributed by atoms with Crippen molar-refractivity contribution in [2.45, 2.75) is 32.8 Å². The number of rotatable bonds is 6. The number of carbonyl (C=O) groups is 1. The van der Waals surface area contributed by atoms with Crippen molar-refractivity contribution in [2.75, 3.05) is 26.7 Å². The van der Waals surface area contributed by atoms with Crippen LogP contribution in [0, 0.1) is 11.8 Å². The molecule has 0 bridgehead atoms. The molecule has 0 radical (unpaired) electrons. The highest BCUT2D eigenvalue weighted by atomic mass is 16.5. The van der Waals surface area contributed by atoms with E-state index < -0.39 is 0 Å². The molecule has 1 N–H and O–H groups in total. The van der Waals surface area contributed by atoms with Gasteiger partial charge in [-0.3, -0.25) is 4.79 Å². The highest BCUT2D eigenvalue weighted by molar-refractivity contribution is 5.72. The molecule has 4 heteroatoms. The number of hydrogen-bond donors (Lipinski definition) is 1. The third-order valence-electron chi connectivity index (χ3n) is 3.06. The maximum Gasteiger partial charge on any atom is 0.309 e. The van der Waals surface area contributed by atoms with Crippen molar-refractivity contribution in [3.8, 4) is 0 Å². The van der Waals surface area contributed by atoms with E-state index >= 15 is 0 Å². The Bertz CT molecular complexity index is 226. The van der Waals surface area contributed by atoms with Crippen molar-refractivity contribution in [2.24, 2.45) is 11.8 Å². The van der Waals surface area contributed by atoms with E-state index in [-0.39, 0.29) is 18.0 Å². The molecule has 16 heavy (non-hydrogen) atoms. The van der Waals surface area contributed by atoms with Crippen LogP contribution in [-0.4, -0.2) is 48.8 Å². The van der Waals surface area contributed by atoms with E-state index in [9.17, 15) is 9.90 Å². The number of hydrogen-bond acceptors (Lipinski definition) is 4. The number of esters is 1. The summed E-state index contributed by atoms with van der Waals surface area (Å²) in [5.74, 6) is 0.396. The molecule has 0 aromatic carbocycles. The first-order valence-electron chi connectivity index (χ1n) is 6.06. The smallest absolute Gasteiger partial charge is 0.309 e. The Labute approximate surface area is 97.6 Å². The lowest BCUT2D eigenvalue weighted by Crippen LogP contribution is -2.39.